The molecule has 1 aliphatic heterocycles. The molecule has 0 spiro atoms. The molecule has 9 heteroatoms. The largest absolute Gasteiger partial charge is 0.452 e. The number of aromatic nitrogens is 1. The Kier molecular flexibility index (Phi) is 7.41. The van der Waals surface area contributed by atoms with Gasteiger partial charge in [0.2, 0.25) is 5.91 Å². The summed E-state index contributed by atoms with van der Waals surface area (Å²) >= 11 is 3.10. The number of anilines is 2. The second-order valence-electron chi connectivity index (χ2n) is 7.46. The summed E-state index contributed by atoms with van der Waals surface area (Å²) in [6.07, 6.45) is 1.42. The van der Waals surface area contributed by atoms with Crippen molar-refractivity contribution in [2.24, 2.45) is 0 Å². The van der Waals surface area contributed by atoms with Crippen LogP contribution in [0.15, 0.2) is 58.8 Å². The summed E-state index contributed by atoms with van der Waals surface area (Å²) in [6, 6.07) is 14.2. The van der Waals surface area contributed by atoms with Gasteiger partial charge in [-0.15, -0.1) is 23.1 Å². The number of hydrogen-bond donors (Lipinski definition) is 1. The second-order valence-corrected chi connectivity index (χ2v) is 9.54. The highest BCUT2D eigenvalue weighted by Gasteiger charge is 2.21. The van der Waals surface area contributed by atoms with Crippen molar-refractivity contribution in [3.63, 3.8) is 0 Å². The van der Waals surface area contributed by atoms with E-state index >= 15 is 0 Å². The smallest absolute Gasteiger partial charge is 0.339 e. The van der Waals surface area contributed by atoms with Crippen LogP contribution in [0.25, 0.3) is 0 Å². The van der Waals surface area contributed by atoms with Crippen molar-refractivity contribution in [2.45, 2.75) is 30.4 Å². The average molecular weight is 482 g/mol. The molecule has 0 atom stereocenters. The predicted octanol–water partition coefficient (Wildman–Crippen LogP) is 4.67. The van der Waals surface area contributed by atoms with Crippen LogP contribution in [0.3, 0.4) is 0 Å². The van der Waals surface area contributed by atoms with E-state index in [2.05, 4.69) is 10.3 Å². The van der Waals surface area contributed by atoms with E-state index in [0.717, 1.165) is 27.7 Å². The van der Waals surface area contributed by atoms with Crippen LogP contribution in [0, 0.1) is 6.92 Å². The minimum Gasteiger partial charge on any atom is -0.452 e. The van der Waals surface area contributed by atoms with E-state index in [9.17, 15) is 14.4 Å². The number of nitrogens with one attached hydrogen (secondary N) is 1. The minimum atomic E-state index is -0.550. The summed E-state index contributed by atoms with van der Waals surface area (Å²) in [5.41, 5.74) is 2.76. The number of carbonyl (C=O) groups is 3. The van der Waals surface area contributed by atoms with E-state index in [0.29, 0.717) is 30.0 Å². The van der Waals surface area contributed by atoms with E-state index in [1.54, 1.807) is 52.6 Å². The first-order valence-corrected chi connectivity index (χ1v) is 12.4. The summed E-state index contributed by atoms with van der Waals surface area (Å²) in [4.78, 5) is 43.7. The molecule has 7 nitrogen and oxygen atoms in total. The van der Waals surface area contributed by atoms with Gasteiger partial charge >= 0.3 is 5.97 Å². The first-order chi connectivity index (χ1) is 16.0. The number of carbonyl (C=O) groups excluding carboxylic acids is 3. The molecule has 170 valence electrons. The third kappa shape index (κ3) is 6.00. The van der Waals surface area contributed by atoms with Crippen LogP contribution in [0.1, 0.15) is 33.9 Å². The number of ether oxygens (including phenoxy) is 1. The Morgan fingerprint density at radius 1 is 1.18 bits per heavy atom. The Morgan fingerprint density at radius 3 is 2.67 bits per heavy atom. The number of benzene rings is 2. The Balaban J connectivity index is 1.29. The molecule has 0 saturated carbocycles. The van der Waals surface area contributed by atoms with E-state index in [1.165, 1.54) is 11.8 Å². The van der Waals surface area contributed by atoms with Gasteiger partial charge in [0.1, 0.15) is 0 Å². The van der Waals surface area contributed by atoms with Gasteiger partial charge in [-0.1, -0.05) is 12.1 Å². The maximum atomic E-state index is 12.6. The maximum absolute atomic E-state index is 12.6. The van der Waals surface area contributed by atoms with Crippen LogP contribution in [0.2, 0.25) is 0 Å². The van der Waals surface area contributed by atoms with Gasteiger partial charge in [-0.3, -0.25) is 9.59 Å². The van der Waals surface area contributed by atoms with Gasteiger partial charge in [-0.25, -0.2) is 9.78 Å². The van der Waals surface area contributed by atoms with Crippen LogP contribution in [0.5, 0.6) is 0 Å². The van der Waals surface area contributed by atoms with Gasteiger partial charge in [-0.05, 0) is 49.7 Å². The quantitative estimate of drug-likeness (QED) is 0.372. The van der Waals surface area contributed by atoms with Crippen molar-refractivity contribution < 1.29 is 19.1 Å². The summed E-state index contributed by atoms with van der Waals surface area (Å²) in [6.45, 7) is 2.27. The van der Waals surface area contributed by atoms with Crippen molar-refractivity contribution in [1.82, 2.24) is 4.98 Å². The van der Waals surface area contributed by atoms with Gasteiger partial charge in [0.25, 0.3) is 5.91 Å². The lowest BCUT2D eigenvalue weighted by atomic mass is 10.2. The van der Waals surface area contributed by atoms with E-state index in [1.807, 2.05) is 24.4 Å². The number of hydrogen-bond acceptors (Lipinski definition) is 7. The van der Waals surface area contributed by atoms with Crippen LogP contribution >= 0.6 is 23.1 Å². The van der Waals surface area contributed by atoms with Crippen LogP contribution in [-0.4, -0.2) is 35.9 Å². The summed E-state index contributed by atoms with van der Waals surface area (Å²) in [5.74, 6) is -0.227. The normalized spacial score (nSPS) is 13.2. The molecule has 1 fully saturated rings. The molecule has 0 bridgehead atoms. The molecule has 4 rings (SSSR count). The zero-order valence-electron chi connectivity index (χ0n) is 18.1. The fourth-order valence-electron chi connectivity index (χ4n) is 3.44. The van der Waals surface area contributed by atoms with E-state index in [4.69, 9.17) is 4.74 Å². The monoisotopic (exact) mass is 481 g/mol. The van der Waals surface area contributed by atoms with Gasteiger partial charge in [0, 0.05) is 40.4 Å². The molecule has 2 aromatic carbocycles. The fourth-order valence-corrected chi connectivity index (χ4v) is 5.09. The van der Waals surface area contributed by atoms with Crippen molar-refractivity contribution in [3.05, 3.63) is 70.2 Å². The average Bonchev–Trinajstić information content (AvgIpc) is 3.44. The van der Waals surface area contributed by atoms with Gasteiger partial charge < -0.3 is 15.0 Å². The third-order valence-corrected chi connectivity index (χ3v) is 6.95. The maximum Gasteiger partial charge on any atom is 0.339 e. The van der Waals surface area contributed by atoms with Crippen LogP contribution in [-0.2, 0) is 20.1 Å². The highest BCUT2D eigenvalue weighted by atomic mass is 32.2. The Bertz CT molecular complexity index is 1160. The predicted molar refractivity (Wildman–Crippen MR) is 130 cm³/mol. The number of esters is 1. The Morgan fingerprint density at radius 2 is 1.97 bits per heavy atom. The molecule has 2 heterocycles. The molecule has 0 radical (unpaired) electrons. The molecule has 3 aromatic rings. The molecule has 0 aliphatic carbocycles. The third-order valence-electron chi connectivity index (χ3n) is 5.02. The molecular formula is C24H23N3O4S2. The number of rotatable bonds is 8. The zero-order valence-corrected chi connectivity index (χ0v) is 19.7. The first kappa shape index (κ1) is 23.0. The number of thiazole rings is 1. The standard InChI is InChI=1S/C24H23N3O4S2/c1-16-25-18(14-32-16)15-33-21-6-3-2-5-20(21)24(30)31-13-22(28)26-17-8-10-19(11-9-17)27-12-4-7-23(27)29/h2-3,5-6,8-11,14H,4,7,12-13,15H2,1H3,(H,26,28). The summed E-state index contributed by atoms with van der Waals surface area (Å²) in [7, 11) is 0. The molecule has 0 unspecified atom stereocenters. The number of thioether (sulfide) groups is 1. The Labute approximate surface area is 200 Å². The molecule has 33 heavy (non-hydrogen) atoms. The molecule has 1 saturated heterocycles. The van der Waals surface area contributed by atoms with Crippen molar-refractivity contribution in [3.8, 4) is 0 Å². The highest BCUT2D eigenvalue weighted by molar-refractivity contribution is 7.98. The summed E-state index contributed by atoms with van der Waals surface area (Å²) in [5, 5.41) is 5.72. The number of nitrogens with zero attached hydrogens (tertiary/aromatic N) is 2. The van der Waals surface area contributed by atoms with Gasteiger partial charge in [0.05, 0.1) is 16.3 Å². The fraction of sp³-hybridized carbons (Fsp3) is 0.250. The highest BCUT2D eigenvalue weighted by Crippen LogP contribution is 2.27. The lowest BCUT2D eigenvalue weighted by Gasteiger charge is -2.16. The topological polar surface area (TPSA) is 88.6 Å². The lowest BCUT2D eigenvalue weighted by molar-refractivity contribution is -0.119. The van der Waals surface area contributed by atoms with Crippen molar-refractivity contribution >= 4 is 52.3 Å². The molecule has 2 amide bonds. The summed E-state index contributed by atoms with van der Waals surface area (Å²) < 4.78 is 5.25. The zero-order chi connectivity index (χ0) is 23.2. The van der Waals surface area contributed by atoms with Gasteiger partial charge in [-0.2, -0.15) is 0 Å². The number of amides is 2. The second kappa shape index (κ2) is 10.6. The van der Waals surface area contributed by atoms with Gasteiger partial charge in [0.15, 0.2) is 6.61 Å². The molecule has 1 aliphatic rings. The SMILES string of the molecule is Cc1nc(CSc2ccccc2C(=O)OCC(=O)Nc2ccc(N3CCCC3=O)cc2)cs1. The number of aryl methyl sites for hydroxylation is 1. The molecule has 1 aromatic heterocycles. The Hall–Kier alpha value is -3.17. The lowest BCUT2D eigenvalue weighted by Crippen LogP contribution is -2.24. The van der Waals surface area contributed by atoms with Crippen LogP contribution < -0.4 is 10.2 Å². The van der Waals surface area contributed by atoms with Crippen LogP contribution in [0.4, 0.5) is 11.4 Å². The molecular weight excluding hydrogens is 458 g/mol. The van der Waals surface area contributed by atoms with Crippen molar-refractivity contribution in [2.75, 3.05) is 23.4 Å². The first-order valence-electron chi connectivity index (χ1n) is 10.5. The van der Waals surface area contributed by atoms with E-state index in [-0.39, 0.29) is 5.91 Å². The minimum absolute atomic E-state index is 0.110. The molecule has 1 N–H and O–H groups in total. The van der Waals surface area contributed by atoms with Crippen molar-refractivity contribution in [1.29, 1.82) is 0 Å². The van der Waals surface area contributed by atoms with E-state index < -0.39 is 18.5 Å².